The van der Waals surface area contributed by atoms with E-state index < -0.39 is 17.5 Å². The van der Waals surface area contributed by atoms with Crippen molar-refractivity contribution in [3.8, 4) is 5.75 Å². The lowest BCUT2D eigenvalue weighted by atomic mass is 9.92. The summed E-state index contributed by atoms with van der Waals surface area (Å²) in [5.74, 6) is -0.116. The minimum atomic E-state index is -1.38. The number of nitrogens with zero attached hydrogens (tertiary/aromatic N) is 3. The van der Waals surface area contributed by atoms with Gasteiger partial charge in [-0.25, -0.2) is 4.79 Å². The number of hydrogen-bond donors (Lipinski definition) is 2. The van der Waals surface area contributed by atoms with Gasteiger partial charge < -0.3 is 15.0 Å². The van der Waals surface area contributed by atoms with Gasteiger partial charge in [-0.15, -0.1) is 0 Å². The summed E-state index contributed by atoms with van der Waals surface area (Å²) in [6, 6.07) is 4.82. The molecule has 4 amide bonds. The fourth-order valence-electron chi connectivity index (χ4n) is 3.62. The highest BCUT2D eigenvalue weighted by atomic mass is 16.5. The van der Waals surface area contributed by atoms with Gasteiger partial charge in [-0.2, -0.15) is 5.10 Å². The minimum absolute atomic E-state index is 0.00416. The number of imide groups is 1. The summed E-state index contributed by atoms with van der Waals surface area (Å²) < 4.78 is 6.91. The number of carbonyl (C=O) groups excluding carboxylic acids is 3. The molecule has 1 aromatic heterocycles. The van der Waals surface area contributed by atoms with Crippen LogP contribution in [0.2, 0.25) is 0 Å². The Hall–Kier alpha value is -3.36. The number of amides is 4. The molecule has 0 aliphatic carbocycles. The van der Waals surface area contributed by atoms with Crippen LogP contribution in [-0.2, 0) is 16.9 Å². The maximum Gasteiger partial charge on any atom is 0.322 e. The van der Waals surface area contributed by atoms with Gasteiger partial charge in [0.15, 0.2) is 5.54 Å². The van der Waals surface area contributed by atoms with Crippen molar-refractivity contribution in [3.63, 3.8) is 0 Å². The van der Waals surface area contributed by atoms with Crippen LogP contribution in [0.5, 0.6) is 5.75 Å². The van der Waals surface area contributed by atoms with Crippen LogP contribution in [-0.4, -0.2) is 46.2 Å². The van der Waals surface area contributed by atoms with Crippen molar-refractivity contribution in [2.24, 2.45) is 0 Å². The molecule has 2 aliphatic rings. The van der Waals surface area contributed by atoms with Gasteiger partial charge in [-0.05, 0) is 31.5 Å². The molecule has 0 spiro atoms. The molecular weight excluding hydrogens is 362 g/mol. The van der Waals surface area contributed by atoms with Gasteiger partial charge in [0.25, 0.3) is 11.8 Å². The smallest absolute Gasteiger partial charge is 0.322 e. The maximum absolute atomic E-state index is 12.9. The second kappa shape index (κ2) is 6.36. The Morgan fingerprint density at radius 1 is 1.29 bits per heavy atom. The van der Waals surface area contributed by atoms with Crippen LogP contribution >= 0.6 is 0 Å². The third-order valence-electron chi connectivity index (χ3n) is 5.19. The van der Waals surface area contributed by atoms with Crippen LogP contribution in [0.15, 0.2) is 30.6 Å². The molecule has 2 N–H and O–H groups in total. The predicted molar refractivity (Wildman–Crippen MR) is 98.7 cm³/mol. The van der Waals surface area contributed by atoms with E-state index in [0.717, 1.165) is 5.56 Å². The molecule has 1 saturated heterocycles. The molecule has 146 valence electrons. The topological polar surface area (TPSA) is 106 Å². The molecule has 0 saturated carbocycles. The standard InChI is InChI=1S/C19H21N5O4/c1-11(2)24-9-13(7-20-24)19(17(26)21-18(27)22-19)10-23-8-12-4-5-14(28-3)6-15(12)16(23)25/h4-7,9,11H,8,10H2,1-3H3,(H2,21,22,26,27)/t19-/m0/s1. The Balaban J connectivity index is 1.69. The Bertz CT molecular complexity index is 982. The first-order chi connectivity index (χ1) is 13.3. The molecule has 1 fully saturated rings. The van der Waals surface area contributed by atoms with Crippen LogP contribution in [0.1, 0.15) is 41.4 Å². The molecule has 2 aromatic rings. The van der Waals surface area contributed by atoms with E-state index in [1.165, 1.54) is 0 Å². The summed E-state index contributed by atoms with van der Waals surface area (Å²) in [5, 5.41) is 9.29. The van der Waals surface area contributed by atoms with E-state index in [1.807, 2.05) is 19.9 Å². The van der Waals surface area contributed by atoms with Gasteiger partial charge in [0.2, 0.25) is 0 Å². The van der Waals surface area contributed by atoms with Crippen molar-refractivity contribution in [2.45, 2.75) is 32.0 Å². The van der Waals surface area contributed by atoms with E-state index in [0.29, 0.717) is 23.4 Å². The molecule has 1 atom stereocenters. The van der Waals surface area contributed by atoms with Crippen molar-refractivity contribution >= 4 is 17.8 Å². The Morgan fingerprint density at radius 2 is 2.07 bits per heavy atom. The van der Waals surface area contributed by atoms with E-state index in [-0.39, 0.29) is 18.5 Å². The van der Waals surface area contributed by atoms with Crippen LogP contribution < -0.4 is 15.4 Å². The summed E-state index contributed by atoms with van der Waals surface area (Å²) >= 11 is 0. The van der Waals surface area contributed by atoms with Crippen LogP contribution in [0.3, 0.4) is 0 Å². The highest BCUT2D eigenvalue weighted by Gasteiger charge is 2.51. The number of benzene rings is 1. The summed E-state index contributed by atoms with van der Waals surface area (Å²) in [7, 11) is 1.54. The maximum atomic E-state index is 12.9. The molecule has 2 aliphatic heterocycles. The zero-order chi connectivity index (χ0) is 20.1. The first kappa shape index (κ1) is 18.0. The molecule has 9 nitrogen and oxygen atoms in total. The fourth-order valence-corrected chi connectivity index (χ4v) is 3.62. The molecule has 4 rings (SSSR count). The average molecular weight is 383 g/mol. The molecule has 1 aromatic carbocycles. The number of carbonyl (C=O) groups is 3. The van der Waals surface area contributed by atoms with Crippen LogP contribution in [0, 0.1) is 0 Å². The van der Waals surface area contributed by atoms with Crippen molar-refractivity contribution < 1.29 is 19.1 Å². The summed E-state index contributed by atoms with van der Waals surface area (Å²) in [6.45, 7) is 4.28. The molecule has 0 radical (unpaired) electrons. The normalized spacial score (nSPS) is 21.1. The summed E-state index contributed by atoms with van der Waals surface area (Å²) in [4.78, 5) is 39.2. The van der Waals surface area contributed by atoms with E-state index >= 15 is 0 Å². The lowest BCUT2D eigenvalue weighted by molar-refractivity contribution is -0.124. The number of ether oxygens (including phenoxy) is 1. The van der Waals surface area contributed by atoms with Gasteiger partial charge in [-0.1, -0.05) is 6.07 Å². The number of rotatable bonds is 5. The molecule has 9 heteroatoms. The number of hydrogen-bond acceptors (Lipinski definition) is 5. The molecular formula is C19H21N5O4. The van der Waals surface area contributed by atoms with Gasteiger partial charge in [0.05, 0.1) is 19.9 Å². The third-order valence-corrected chi connectivity index (χ3v) is 5.19. The van der Waals surface area contributed by atoms with Gasteiger partial charge in [-0.3, -0.25) is 19.6 Å². The largest absolute Gasteiger partial charge is 0.497 e. The Morgan fingerprint density at radius 3 is 2.68 bits per heavy atom. The first-order valence-corrected chi connectivity index (χ1v) is 8.98. The SMILES string of the molecule is COc1ccc2c(c1)C(=O)N(C[C@@]1(c3cnn(C(C)C)c3)NC(=O)NC1=O)C2. The van der Waals surface area contributed by atoms with Crippen molar-refractivity contribution in [2.75, 3.05) is 13.7 Å². The summed E-state index contributed by atoms with van der Waals surface area (Å²) in [5.41, 5.74) is 0.540. The zero-order valence-electron chi connectivity index (χ0n) is 15.9. The zero-order valence-corrected chi connectivity index (χ0v) is 15.9. The van der Waals surface area contributed by atoms with E-state index in [2.05, 4.69) is 15.7 Å². The van der Waals surface area contributed by atoms with Crippen molar-refractivity contribution in [1.29, 1.82) is 0 Å². The van der Waals surface area contributed by atoms with Gasteiger partial charge in [0, 0.05) is 29.9 Å². The van der Waals surface area contributed by atoms with Crippen molar-refractivity contribution in [1.82, 2.24) is 25.3 Å². The molecule has 0 bridgehead atoms. The Kier molecular flexibility index (Phi) is 4.10. The van der Waals surface area contributed by atoms with E-state index in [9.17, 15) is 14.4 Å². The average Bonchev–Trinajstić information content (AvgIpc) is 3.33. The highest BCUT2D eigenvalue weighted by Crippen LogP contribution is 2.32. The van der Waals surface area contributed by atoms with E-state index in [1.54, 1.807) is 41.2 Å². The first-order valence-electron chi connectivity index (χ1n) is 8.98. The number of methoxy groups -OCH3 is 1. The second-order valence-corrected chi connectivity index (χ2v) is 7.30. The predicted octanol–water partition coefficient (Wildman–Crippen LogP) is 1.16. The van der Waals surface area contributed by atoms with Crippen LogP contribution in [0.4, 0.5) is 4.79 Å². The van der Waals surface area contributed by atoms with Crippen molar-refractivity contribution in [3.05, 3.63) is 47.3 Å². The monoisotopic (exact) mass is 383 g/mol. The fraction of sp³-hybridized carbons (Fsp3) is 0.368. The minimum Gasteiger partial charge on any atom is -0.497 e. The quantitative estimate of drug-likeness (QED) is 0.754. The number of fused-ring (bicyclic) bond motifs is 1. The third kappa shape index (κ3) is 2.70. The van der Waals surface area contributed by atoms with Gasteiger partial charge in [0.1, 0.15) is 5.75 Å². The number of nitrogens with one attached hydrogen (secondary N) is 2. The number of urea groups is 1. The number of aromatic nitrogens is 2. The Labute approximate surface area is 161 Å². The van der Waals surface area contributed by atoms with E-state index in [4.69, 9.17) is 4.74 Å². The molecule has 28 heavy (non-hydrogen) atoms. The highest BCUT2D eigenvalue weighted by molar-refractivity contribution is 6.08. The molecule has 0 unspecified atom stereocenters. The molecule has 3 heterocycles. The summed E-state index contributed by atoms with van der Waals surface area (Å²) in [6.07, 6.45) is 3.29. The lowest BCUT2D eigenvalue weighted by Gasteiger charge is -2.30. The van der Waals surface area contributed by atoms with Gasteiger partial charge >= 0.3 is 6.03 Å². The lowest BCUT2D eigenvalue weighted by Crippen LogP contribution is -2.52. The van der Waals surface area contributed by atoms with Crippen LogP contribution in [0.25, 0.3) is 0 Å². The second-order valence-electron chi connectivity index (χ2n) is 7.30.